The lowest BCUT2D eigenvalue weighted by Crippen LogP contribution is -3.00. The number of sulfonamides is 2. The van der Waals surface area contributed by atoms with E-state index in [0.29, 0.717) is 4.90 Å². The summed E-state index contributed by atoms with van der Waals surface area (Å²) >= 11 is 0. The lowest BCUT2D eigenvalue weighted by molar-refractivity contribution is -0.792. The molecule has 0 fully saturated rings. The lowest BCUT2D eigenvalue weighted by Gasteiger charge is -2.25. The van der Waals surface area contributed by atoms with Crippen LogP contribution in [0.4, 0.5) is 26.3 Å². The van der Waals surface area contributed by atoms with Crippen LogP contribution in [0, 0.1) is 6.67 Å². The average molecular weight is 405 g/mol. The Kier molecular flexibility index (Phi) is 5.18. The van der Waals surface area contributed by atoms with Gasteiger partial charge in [0.15, 0.2) is 0 Å². The van der Waals surface area contributed by atoms with Gasteiger partial charge in [0.2, 0.25) is 6.67 Å². The van der Waals surface area contributed by atoms with Gasteiger partial charge in [0.25, 0.3) is 5.91 Å². The lowest BCUT2D eigenvalue weighted by atomic mass is 10.5. The van der Waals surface area contributed by atoms with Gasteiger partial charge in [-0.15, -0.1) is 3.71 Å². The van der Waals surface area contributed by atoms with E-state index in [2.05, 4.69) is 0 Å². The highest BCUT2D eigenvalue weighted by atomic mass is 32.3. The summed E-state index contributed by atoms with van der Waals surface area (Å²) in [5.74, 6) is -2.44. The van der Waals surface area contributed by atoms with E-state index in [-0.39, 0.29) is 0 Å². The molecule has 8 nitrogen and oxygen atoms in total. The molecular formula is C8H9F6N3O5S2+. The van der Waals surface area contributed by atoms with Crippen molar-refractivity contribution in [3.05, 3.63) is 19.1 Å². The second-order valence-electron chi connectivity index (χ2n) is 4.35. The van der Waals surface area contributed by atoms with Gasteiger partial charge in [0, 0.05) is 0 Å². The van der Waals surface area contributed by atoms with Crippen LogP contribution < -0.4 is 4.90 Å². The van der Waals surface area contributed by atoms with Crippen LogP contribution in [-0.2, 0) is 24.8 Å². The molecule has 0 aromatic rings. The van der Waals surface area contributed by atoms with Crippen molar-refractivity contribution in [2.75, 3.05) is 13.6 Å². The first-order valence-corrected chi connectivity index (χ1v) is 8.48. The van der Waals surface area contributed by atoms with E-state index >= 15 is 0 Å². The number of nitrogens with one attached hydrogen (secondary N) is 1. The molecular weight excluding hydrogens is 396 g/mol. The van der Waals surface area contributed by atoms with Crippen LogP contribution in [0.3, 0.4) is 0 Å². The Hall–Kier alpha value is -1.55. The molecule has 139 valence electrons. The summed E-state index contributed by atoms with van der Waals surface area (Å²) in [6.45, 7) is -0.297. The van der Waals surface area contributed by atoms with E-state index in [4.69, 9.17) is 0 Å². The van der Waals surface area contributed by atoms with Gasteiger partial charge in [-0.25, -0.2) is 0 Å². The number of nitrogens with zero attached hydrogens (tertiary/aromatic N) is 2. The summed E-state index contributed by atoms with van der Waals surface area (Å²) in [4.78, 5) is 12.8. The predicted octanol–water partition coefficient (Wildman–Crippen LogP) is -1.07. The predicted molar refractivity (Wildman–Crippen MR) is 63.8 cm³/mol. The second-order valence-corrected chi connectivity index (χ2v) is 8.14. The quantitative estimate of drug-likeness (QED) is 0.599. The molecule has 0 saturated heterocycles. The molecule has 0 saturated carbocycles. The van der Waals surface area contributed by atoms with Gasteiger partial charge in [-0.05, 0) is 0 Å². The smallest absolute Gasteiger partial charge is 0.308 e. The first-order valence-electron chi connectivity index (χ1n) is 5.60. The van der Waals surface area contributed by atoms with Crippen LogP contribution in [-0.4, -0.2) is 56.0 Å². The van der Waals surface area contributed by atoms with Gasteiger partial charge in [-0.3, -0.25) is 9.69 Å². The maximum atomic E-state index is 12.5. The number of hydrogen-bond acceptors (Lipinski definition) is 6. The number of rotatable bonds is 4. The van der Waals surface area contributed by atoms with Crippen molar-refractivity contribution in [1.82, 2.24) is 8.61 Å². The molecule has 1 atom stereocenters. The molecule has 1 amide bonds. The maximum Gasteiger partial charge on any atom is 0.517 e. The minimum atomic E-state index is -7.13. The third-order valence-corrected chi connectivity index (χ3v) is 6.07. The molecule has 1 rings (SSSR count). The van der Waals surface area contributed by atoms with Crippen molar-refractivity contribution in [2.24, 2.45) is 0 Å². The first-order chi connectivity index (χ1) is 10.5. The van der Waals surface area contributed by atoms with Crippen molar-refractivity contribution >= 4 is 26.0 Å². The summed E-state index contributed by atoms with van der Waals surface area (Å²) < 4.78 is 117. The molecule has 0 bridgehead atoms. The second kappa shape index (κ2) is 6.07. The van der Waals surface area contributed by atoms with E-state index in [9.17, 15) is 48.0 Å². The highest BCUT2D eigenvalue weighted by molar-refractivity contribution is 8.05. The fourth-order valence-corrected chi connectivity index (χ4v) is 4.03. The van der Waals surface area contributed by atoms with E-state index in [1.807, 2.05) is 0 Å². The van der Waals surface area contributed by atoms with Gasteiger partial charge in [0.1, 0.15) is 12.7 Å². The van der Waals surface area contributed by atoms with E-state index in [1.165, 1.54) is 13.2 Å². The molecule has 0 spiro atoms. The molecule has 1 aliphatic rings. The number of carbonyl (C=O) groups excluding carboxylic acids is 1. The SMILES string of the molecule is C[NH+]1[CH]N(CC(=O)N(S(=O)(=O)C(F)(F)F)S(=O)(=O)C(F)(F)F)C=C1. The van der Waals surface area contributed by atoms with Crippen LogP contribution in [0.1, 0.15) is 0 Å². The highest BCUT2D eigenvalue weighted by Gasteiger charge is 2.63. The van der Waals surface area contributed by atoms with Gasteiger partial charge >= 0.3 is 31.1 Å². The maximum absolute atomic E-state index is 12.5. The van der Waals surface area contributed by atoms with Crippen molar-refractivity contribution in [2.45, 2.75) is 11.0 Å². The monoisotopic (exact) mass is 405 g/mol. The van der Waals surface area contributed by atoms with Crippen LogP contribution in [0.25, 0.3) is 0 Å². The summed E-state index contributed by atoms with van der Waals surface area (Å²) in [5, 5.41) is 0. The Bertz CT molecular complexity index is 697. The average Bonchev–Trinajstić information content (AvgIpc) is 2.70. The number of amides is 1. The normalized spacial score (nSPS) is 19.6. The highest BCUT2D eigenvalue weighted by Crippen LogP contribution is 2.35. The Morgan fingerprint density at radius 3 is 1.75 bits per heavy atom. The third-order valence-electron chi connectivity index (χ3n) is 2.44. The summed E-state index contributed by atoms with van der Waals surface area (Å²) in [6.07, 6.45) is 2.33. The Morgan fingerprint density at radius 1 is 1.04 bits per heavy atom. The Labute approximate surface area is 132 Å². The minimum absolute atomic E-state index is 0.437. The molecule has 0 aromatic carbocycles. The number of alkyl halides is 6. The van der Waals surface area contributed by atoms with E-state index in [1.54, 1.807) is 0 Å². The zero-order valence-corrected chi connectivity index (χ0v) is 13.1. The molecule has 24 heavy (non-hydrogen) atoms. The Morgan fingerprint density at radius 2 is 1.46 bits per heavy atom. The van der Waals surface area contributed by atoms with Gasteiger partial charge in [0.05, 0.1) is 13.2 Å². The molecule has 0 aliphatic carbocycles. The summed E-state index contributed by atoms with van der Waals surface area (Å²) in [5.41, 5.74) is -12.9. The number of halogens is 6. The number of quaternary nitrogens is 1. The van der Waals surface area contributed by atoms with Crippen molar-refractivity contribution in [3.63, 3.8) is 0 Å². The number of hydrogen-bond donors (Lipinski definition) is 1. The number of carbonyl (C=O) groups is 1. The van der Waals surface area contributed by atoms with Gasteiger partial charge in [-0.2, -0.15) is 43.2 Å². The Balaban J connectivity index is 3.36. The van der Waals surface area contributed by atoms with Gasteiger partial charge in [-0.1, -0.05) is 0 Å². The molecule has 1 N–H and O–H groups in total. The van der Waals surface area contributed by atoms with Crippen molar-refractivity contribution in [1.29, 1.82) is 0 Å². The molecule has 0 aromatic heterocycles. The standard InChI is InChI=1S/C8H9F6N3O5S2/c1-15-2-3-16(5-15)4-6(18)17(23(19,20)7(9,10)11)24(21,22)8(12,13)14/h2-3,5,15H,4H2,1H3/q+1. The topological polar surface area (TPSA) is 96.3 Å². The zero-order valence-electron chi connectivity index (χ0n) is 11.5. The largest absolute Gasteiger partial charge is 0.517 e. The molecule has 16 heteroatoms. The molecule has 1 unspecified atom stereocenters. The zero-order chi connectivity index (χ0) is 19.1. The van der Waals surface area contributed by atoms with Crippen molar-refractivity contribution < 1.29 is 52.9 Å². The van der Waals surface area contributed by atoms with E-state index in [0.717, 1.165) is 17.8 Å². The van der Waals surface area contributed by atoms with Crippen LogP contribution >= 0.6 is 0 Å². The molecule has 1 heterocycles. The minimum Gasteiger partial charge on any atom is -0.308 e. The van der Waals surface area contributed by atoms with Crippen LogP contribution in [0.2, 0.25) is 0 Å². The molecule has 1 radical (unpaired) electrons. The fourth-order valence-electron chi connectivity index (χ4n) is 1.46. The summed E-state index contributed by atoms with van der Waals surface area (Å²) in [7, 11) is -12.8. The molecule has 1 aliphatic heterocycles. The van der Waals surface area contributed by atoms with Crippen LogP contribution in [0.5, 0.6) is 0 Å². The van der Waals surface area contributed by atoms with Crippen LogP contribution in [0.15, 0.2) is 12.4 Å². The van der Waals surface area contributed by atoms with E-state index < -0.39 is 47.2 Å². The first kappa shape index (κ1) is 20.5. The van der Waals surface area contributed by atoms with Gasteiger partial charge < -0.3 is 4.90 Å². The van der Waals surface area contributed by atoms with Crippen molar-refractivity contribution in [3.8, 4) is 0 Å². The fraction of sp³-hybridized carbons (Fsp3) is 0.500. The summed E-state index contributed by atoms with van der Waals surface area (Å²) in [6, 6.07) is 0. The third kappa shape index (κ3) is 3.75.